The molecular weight excluding hydrogens is 194 g/mol. The van der Waals surface area contributed by atoms with Gasteiger partial charge in [-0.3, -0.25) is 9.63 Å². The van der Waals surface area contributed by atoms with E-state index in [4.69, 9.17) is 9.94 Å². The first kappa shape index (κ1) is 11.7. The average molecular weight is 209 g/mol. The van der Waals surface area contributed by atoms with Crippen LogP contribution >= 0.6 is 0 Å². The summed E-state index contributed by atoms with van der Waals surface area (Å²) < 4.78 is 0. The maximum Gasteiger partial charge on any atom is 0.303 e. The Morgan fingerprint density at radius 3 is 2.73 bits per heavy atom. The van der Waals surface area contributed by atoms with Crippen molar-refractivity contribution in [2.24, 2.45) is 0 Å². The zero-order valence-corrected chi connectivity index (χ0v) is 8.48. The van der Waals surface area contributed by atoms with Gasteiger partial charge in [0.05, 0.1) is 6.61 Å². The van der Waals surface area contributed by atoms with Gasteiger partial charge in [-0.15, -0.1) is 0 Å². The number of hydrogen-bond acceptors (Lipinski definition) is 3. The Balaban J connectivity index is 2.00. The zero-order valence-electron chi connectivity index (χ0n) is 8.48. The topological polar surface area (TPSA) is 58.6 Å². The molecule has 0 aliphatic heterocycles. The van der Waals surface area contributed by atoms with Crippen molar-refractivity contribution in [3.63, 3.8) is 0 Å². The van der Waals surface area contributed by atoms with E-state index >= 15 is 0 Å². The number of benzene rings is 1. The number of rotatable bonds is 7. The van der Waals surface area contributed by atoms with Gasteiger partial charge in [-0.25, -0.2) is 5.48 Å². The van der Waals surface area contributed by atoms with Crippen LogP contribution in [0, 0.1) is 0 Å². The van der Waals surface area contributed by atoms with E-state index in [1.165, 1.54) is 0 Å². The van der Waals surface area contributed by atoms with Crippen LogP contribution in [0.1, 0.15) is 18.4 Å². The van der Waals surface area contributed by atoms with Crippen molar-refractivity contribution in [3.05, 3.63) is 35.9 Å². The maximum atomic E-state index is 10.2. The molecular formula is C11H15NO3. The summed E-state index contributed by atoms with van der Waals surface area (Å²) in [5.41, 5.74) is 3.81. The third-order valence-corrected chi connectivity index (χ3v) is 1.85. The van der Waals surface area contributed by atoms with Crippen LogP contribution in [-0.2, 0) is 16.2 Å². The van der Waals surface area contributed by atoms with E-state index in [2.05, 4.69) is 5.48 Å². The highest BCUT2D eigenvalue weighted by Gasteiger charge is 1.96. The second-order valence-corrected chi connectivity index (χ2v) is 3.17. The molecule has 82 valence electrons. The molecule has 0 amide bonds. The predicted molar refractivity (Wildman–Crippen MR) is 56.1 cm³/mol. The van der Waals surface area contributed by atoms with Crippen molar-refractivity contribution in [3.8, 4) is 0 Å². The number of carbonyl (C=O) groups is 1. The molecule has 0 saturated carbocycles. The molecule has 15 heavy (non-hydrogen) atoms. The first-order valence-electron chi connectivity index (χ1n) is 4.89. The lowest BCUT2D eigenvalue weighted by Crippen LogP contribution is -2.16. The van der Waals surface area contributed by atoms with Crippen molar-refractivity contribution in [2.75, 3.05) is 6.54 Å². The Kier molecular flexibility index (Phi) is 5.43. The summed E-state index contributed by atoms with van der Waals surface area (Å²) in [6, 6.07) is 9.79. The first-order valence-corrected chi connectivity index (χ1v) is 4.89. The third kappa shape index (κ3) is 5.83. The van der Waals surface area contributed by atoms with E-state index in [1.807, 2.05) is 30.3 Å². The van der Waals surface area contributed by atoms with E-state index in [9.17, 15) is 4.79 Å². The van der Waals surface area contributed by atoms with Crippen LogP contribution in [-0.4, -0.2) is 17.6 Å². The summed E-state index contributed by atoms with van der Waals surface area (Å²) in [4.78, 5) is 15.3. The molecule has 0 bridgehead atoms. The van der Waals surface area contributed by atoms with Crippen LogP contribution in [0.5, 0.6) is 0 Å². The highest BCUT2D eigenvalue weighted by Crippen LogP contribution is 1.98. The molecule has 0 aliphatic rings. The summed E-state index contributed by atoms with van der Waals surface area (Å²) >= 11 is 0. The fraction of sp³-hybridized carbons (Fsp3) is 0.364. The molecule has 0 spiro atoms. The minimum atomic E-state index is -0.778. The molecule has 0 radical (unpaired) electrons. The molecule has 1 aromatic carbocycles. The van der Waals surface area contributed by atoms with Gasteiger partial charge in [-0.2, -0.15) is 0 Å². The molecule has 0 aliphatic carbocycles. The first-order chi connectivity index (χ1) is 7.29. The van der Waals surface area contributed by atoms with Crippen LogP contribution in [0.15, 0.2) is 30.3 Å². The monoisotopic (exact) mass is 209 g/mol. The van der Waals surface area contributed by atoms with Gasteiger partial charge in [-0.1, -0.05) is 30.3 Å². The maximum absolute atomic E-state index is 10.2. The third-order valence-electron chi connectivity index (χ3n) is 1.85. The Morgan fingerprint density at radius 2 is 2.07 bits per heavy atom. The van der Waals surface area contributed by atoms with Gasteiger partial charge in [0, 0.05) is 13.0 Å². The Labute approximate surface area is 88.8 Å². The quantitative estimate of drug-likeness (QED) is 0.528. The standard InChI is InChI=1S/C11H15NO3/c13-11(14)7-4-8-12-15-9-10-5-2-1-3-6-10/h1-3,5-6,12H,4,7-9H2,(H,13,14). The predicted octanol–water partition coefficient (Wildman–Crippen LogP) is 1.57. The minimum absolute atomic E-state index is 0.168. The van der Waals surface area contributed by atoms with E-state index in [0.29, 0.717) is 19.6 Å². The molecule has 0 unspecified atom stereocenters. The Hall–Kier alpha value is -1.39. The average Bonchev–Trinajstić information content (AvgIpc) is 2.24. The summed E-state index contributed by atoms with van der Waals surface area (Å²) in [5, 5.41) is 8.38. The van der Waals surface area contributed by atoms with Gasteiger partial charge >= 0.3 is 5.97 Å². The zero-order chi connectivity index (χ0) is 10.9. The molecule has 4 nitrogen and oxygen atoms in total. The second kappa shape index (κ2) is 6.98. The van der Waals surface area contributed by atoms with Crippen LogP contribution in [0.4, 0.5) is 0 Å². The molecule has 0 heterocycles. The largest absolute Gasteiger partial charge is 0.481 e. The van der Waals surface area contributed by atoms with Gasteiger partial charge in [0.25, 0.3) is 0 Å². The van der Waals surface area contributed by atoms with Gasteiger partial charge in [0.15, 0.2) is 0 Å². The Bertz CT molecular complexity index is 287. The van der Waals surface area contributed by atoms with Crippen molar-refractivity contribution in [2.45, 2.75) is 19.4 Å². The van der Waals surface area contributed by atoms with E-state index < -0.39 is 5.97 Å². The lowest BCUT2D eigenvalue weighted by molar-refractivity contribution is -0.137. The number of carboxylic acids is 1. The summed E-state index contributed by atoms with van der Waals surface area (Å²) in [6.45, 7) is 1.05. The number of nitrogens with one attached hydrogen (secondary N) is 1. The van der Waals surface area contributed by atoms with Gasteiger partial charge in [-0.05, 0) is 12.0 Å². The normalized spacial score (nSPS) is 10.1. The lowest BCUT2D eigenvalue weighted by atomic mass is 10.2. The van der Waals surface area contributed by atoms with Gasteiger partial charge < -0.3 is 5.11 Å². The molecule has 0 saturated heterocycles. The highest BCUT2D eigenvalue weighted by molar-refractivity contribution is 5.66. The fourth-order valence-corrected chi connectivity index (χ4v) is 1.09. The minimum Gasteiger partial charge on any atom is -0.481 e. The smallest absolute Gasteiger partial charge is 0.303 e. The molecule has 1 aromatic rings. The lowest BCUT2D eigenvalue weighted by Gasteiger charge is -2.04. The van der Waals surface area contributed by atoms with E-state index in [-0.39, 0.29) is 6.42 Å². The Morgan fingerprint density at radius 1 is 1.33 bits per heavy atom. The van der Waals surface area contributed by atoms with Crippen LogP contribution in [0.2, 0.25) is 0 Å². The van der Waals surface area contributed by atoms with Crippen molar-refractivity contribution >= 4 is 5.97 Å². The van der Waals surface area contributed by atoms with Crippen molar-refractivity contribution in [1.29, 1.82) is 0 Å². The summed E-state index contributed by atoms with van der Waals surface area (Å²) in [7, 11) is 0. The number of carboxylic acid groups (broad SMARTS) is 1. The molecule has 0 atom stereocenters. The van der Waals surface area contributed by atoms with E-state index in [1.54, 1.807) is 0 Å². The highest BCUT2D eigenvalue weighted by atomic mass is 16.6. The number of aliphatic carboxylic acids is 1. The van der Waals surface area contributed by atoms with Gasteiger partial charge in [0.1, 0.15) is 0 Å². The van der Waals surface area contributed by atoms with Crippen LogP contribution < -0.4 is 5.48 Å². The van der Waals surface area contributed by atoms with Gasteiger partial charge in [0.2, 0.25) is 0 Å². The molecule has 0 aromatic heterocycles. The van der Waals surface area contributed by atoms with Crippen molar-refractivity contribution < 1.29 is 14.7 Å². The fourth-order valence-electron chi connectivity index (χ4n) is 1.09. The molecule has 2 N–H and O–H groups in total. The SMILES string of the molecule is O=C(O)CCCNOCc1ccccc1. The van der Waals surface area contributed by atoms with Crippen molar-refractivity contribution in [1.82, 2.24) is 5.48 Å². The van der Waals surface area contributed by atoms with Crippen LogP contribution in [0.25, 0.3) is 0 Å². The molecule has 1 rings (SSSR count). The number of hydrogen-bond donors (Lipinski definition) is 2. The molecule has 4 heteroatoms. The second-order valence-electron chi connectivity index (χ2n) is 3.17. The number of hydroxylamine groups is 1. The van der Waals surface area contributed by atoms with Crippen LogP contribution in [0.3, 0.4) is 0 Å². The summed E-state index contributed by atoms with van der Waals surface area (Å²) in [5.74, 6) is -0.778. The molecule has 0 fully saturated rings. The van der Waals surface area contributed by atoms with E-state index in [0.717, 1.165) is 5.56 Å². The summed E-state index contributed by atoms with van der Waals surface area (Å²) in [6.07, 6.45) is 0.742.